The standard InChI is InChI=1S/C17H28N6O2.HI/c1-11-14(12(2)21-20-11)9-19-15-18-8-13-10-22(6-7-23(13)15)16(24)25-17(3,4)5;/h13H,6-10H2,1-5H3,(H,18,19)(H,20,21);1H. The fraction of sp³-hybridized carbons (Fsp3) is 0.706. The van der Waals surface area contributed by atoms with Gasteiger partial charge in [0.1, 0.15) is 5.60 Å². The van der Waals surface area contributed by atoms with Crippen molar-refractivity contribution < 1.29 is 9.53 Å². The lowest BCUT2D eigenvalue weighted by atomic mass is 10.2. The number of aliphatic imine (C=N–C) groups is 1. The maximum Gasteiger partial charge on any atom is 0.410 e. The van der Waals surface area contributed by atoms with Crippen molar-refractivity contribution in [3.63, 3.8) is 0 Å². The number of piperazine rings is 1. The van der Waals surface area contributed by atoms with E-state index in [4.69, 9.17) is 4.74 Å². The lowest BCUT2D eigenvalue weighted by Gasteiger charge is -2.39. The first-order valence-corrected chi connectivity index (χ1v) is 8.78. The number of aromatic nitrogens is 2. The third-order valence-corrected chi connectivity index (χ3v) is 4.56. The second-order valence-electron chi connectivity index (χ2n) is 7.70. The first kappa shape index (κ1) is 20.8. The van der Waals surface area contributed by atoms with E-state index >= 15 is 0 Å². The fourth-order valence-electron chi connectivity index (χ4n) is 3.22. The summed E-state index contributed by atoms with van der Waals surface area (Å²) in [7, 11) is 0. The summed E-state index contributed by atoms with van der Waals surface area (Å²) in [5.74, 6) is 0.911. The third-order valence-electron chi connectivity index (χ3n) is 4.56. The molecule has 26 heavy (non-hydrogen) atoms. The second-order valence-corrected chi connectivity index (χ2v) is 7.70. The molecule has 2 N–H and O–H groups in total. The first-order valence-electron chi connectivity index (χ1n) is 8.78. The van der Waals surface area contributed by atoms with Gasteiger partial charge in [-0.05, 0) is 34.6 Å². The van der Waals surface area contributed by atoms with Crippen LogP contribution in [0.3, 0.4) is 0 Å². The van der Waals surface area contributed by atoms with Gasteiger partial charge in [-0.1, -0.05) is 0 Å². The van der Waals surface area contributed by atoms with Crippen LogP contribution in [0.25, 0.3) is 0 Å². The SMILES string of the molecule is Cc1n[nH]c(C)c1CNC1=NCC2CN(C(=O)OC(C)(C)C)CCN12.I. The second kappa shape index (κ2) is 8.01. The molecule has 1 amide bonds. The number of carbonyl (C=O) groups excluding carboxylic acids is 1. The molecule has 1 unspecified atom stereocenters. The Kier molecular flexibility index (Phi) is 6.41. The quantitative estimate of drug-likeness (QED) is 0.639. The van der Waals surface area contributed by atoms with Gasteiger partial charge in [-0.15, -0.1) is 24.0 Å². The maximum atomic E-state index is 12.3. The predicted octanol–water partition coefficient (Wildman–Crippen LogP) is 2.03. The van der Waals surface area contributed by atoms with Gasteiger partial charge >= 0.3 is 6.09 Å². The van der Waals surface area contributed by atoms with E-state index in [1.807, 2.05) is 34.6 Å². The number of guanidine groups is 1. The summed E-state index contributed by atoms with van der Waals surface area (Å²) in [4.78, 5) is 20.9. The van der Waals surface area contributed by atoms with Gasteiger partial charge in [0.25, 0.3) is 0 Å². The molecular weight excluding hydrogens is 447 g/mol. The van der Waals surface area contributed by atoms with E-state index in [2.05, 4.69) is 25.4 Å². The number of rotatable bonds is 2. The molecule has 0 bridgehead atoms. The van der Waals surface area contributed by atoms with Crippen LogP contribution in [0.4, 0.5) is 4.79 Å². The number of ether oxygens (including phenoxy) is 1. The zero-order valence-corrected chi connectivity index (χ0v) is 18.5. The number of nitrogens with zero attached hydrogens (tertiary/aromatic N) is 4. The number of aryl methyl sites for hydroxylation is 2. The van der Waals surface area contributed by atoms with Gasteiger partial charge in [0.2, 0.25) is 0 Å². The minimum atomic E-state index is -0.465. The summed E-state index contributed by atoms with van der Waals surface area (Å²) in [5, 5.41) is 10.7. The molecular formula is C17H29IN6O2. The van der Waals surface area contributed by atoms with Crippen molar-refractivity contribution in [3.05, 3.63) is 17.0 Å². The van der Waals surface area contributed by atoms with E-state index in [9.17, 15) is 4.79 Å². The average Bonchev–Trinajstić information content (AvgIpc) is 3.07. The number of aromatic amines is 1. The van der Waals surface area contributed by atoms with E-state index in [1.165, 1.54) is 5.56 Å². The molecule has 0 spiro atoms. The van der Waals surface area contributed by atoms with Crippen molar-refractivity contribution in [2.45, 2.75) is 52.8 Å². The Bertz CT molecular complexity index is 662. The molecule has 8 nitrogen and oxygen atoms in total. The molecule has 1 fully saturated rings. The zero-order chi connectivity index (χ0) is 18.2. The summed E-state index contributed by atoms with van der Waals surface area (Å²) in [6, 6.07) is 0.218. The van der Waals surface area contributed by atoms with Crippen LogP contribution >= 0.6 is 24.0 Å². The minimum absolute atomic E-state index is 0. The van der Waals surface area contributed by atoms with Gasteiger partial charge in [0, 0.05) is 37.4 Å². The normalized spacial score (nSPS) is 19.6. The minimum Gasteiger partial charge on any atom is -0.444 e. The Balaban J connectivity index is 0.00000243. The van der Waals surface area contributed by atoms with E-state index in [1.54, 1.807) is 4.90 Å². The van der Waals surface area contributed by atoms with Crippen molar-refractivity contribution in [2.24, 2.45) is 4.99 Å². The van der Waals surface area contributed by atoms with Gasteiger partial charge in [-0.2, -0.15) is 5.10 Å². The number of H-pyrrole nitrogens is 1. The molecule has 0 saturated carbocycles. The van der Waals surface area contributed by atoms with E-state index in [0.717, 1.165) is 23.9 Å². The third kappa shape index (κ3) is 4.60. The van der Waals surface area contributed by atoms with Crippen LogP contribution in [0.2, 0.25) is 0 Å². The Labute approximate surface area is 171 Å². The van der Waals surface area contributed by atoms with Crippen molar-refractivity contribution in [1.29, 1.82) is 0 Å². The molecule has 2 aliphatic heterocycles. The van der Waals surface area contributed by atoms with Gasteiger partial charge in [-0.25, -0.2) is 4.79 Å². The monoisotopic (exact) mass is 476 g/mol. The highest BCUT2D eigenvalue weighted by atomic mass is 127. The molecule has 1 aromatic rings. The molecule has 1 saturated heterocycles. The zero-order valence-electron chi connectivity index (χ0n) is 16.1. The number of carbonyl (C=O) groups is 1. The molecule has 3 rings (SSSR count). The number of hydrogen-bond acceptors (Lipinski definition) is 6. The number of hydrogen-bond donors (Lipinski definition) is 2. The number of amides is 1. The number of nitrogens with one attached hydrogen (secondary N) is 2. The molecule has 9 heteroatoms. The highest BCUT2D eigenvalue weighted by Gasteiger charge is 2.36. The van der Waals surface area contributed by atoms with Crippen molar-refractivity contribution in [1.82, 2.24) is 25.3 Å². The Morgan fingerprint density at radius 2 is 2.08 bits per heavy atom. The van der Waals surface area contributed by atoms with Gasteiger partial charge in [0.15, 0.2) is 5.96 Å². The fourth-order valence-corrected chi connectivity index (χ4v) is 3.22. The lowest BCUT2D eigenvalue weighted by molar-refractivity contribution is 0.0137. The van der Waals surface area contributed by atoms with Gasteiger partial charge in [-0.3, -0.25) is 10.1 Å². The van der Waals surface area contributed by atoms with Gasteiger partial charge < -0.3 is 19.9 Å². The molecule has 1 atom stereocenters. The van der Waals surface area contributed by atoms with Crippen LogP contribution in [-0.2, 0) is 11.3 Å². The molecule has 2 aliphatic rings. The smallest absolute Gasteiger partial charge is 0.410 e. The number of fused-ring (bicyclic) bond motifs is 1. The van der Waals surface area contributed by atoms with Crippen LogP contribution in [0, 0.1) is 13.8 Å². The van der Waals surface area contributed by atoms with E-state index in [-0.39, 0.29) is 36.1 Å². The van der Waals surface area contributed by atoms with E-state index in [0.29, 0.717) is 26.2 Å². The summed E-state index contributed by atoms with van der Waals surface area (Å²) in [6.07, 6.45) is -0.238. The molecule has 1 aromatic heterocycles. The summed E-state index contributed by atoms with van der Waals surface area (Å²) < 4.78 is 5.48. The van der Waals surface area contributed by atoms with Crippen molar-refractivity contribution in [2.75, 3.05) is 26.2 Å². The molecule has 0 aromatic carbocycles. The Morgan fingerprint density at radius 3 is 2.69 bits per heavy atom. The largest absolute Gasteiger partial charge is 0.444 e. The molecule has 0 aliphatic carbocycles. The van der Waals surface area contributed by atoms with Gasteiger partial charge in [0.05, 0.1) is 18.3 Å². The highest BCUT2D eigenvalue weighted by molar-refractivity contribution is 14.0. The van der Waals surface area contributed by atoms with Crippen molar-refractivity contribution in [3.8, 4) is 0 Å². The topological polar surface area (TPSA) is 85.8 Å². The highest BCUT2D eigenvalue weighted by Crippen LogP contribution is 2.19. The lowest BCUT2D eigenvalue weighted by Crippen LogP contribution is -2.57. The summed E-state index contributed by atoms with van der Waals surface area (Å²) in [5.41, 5.74) is 2.80. The Hall–Kier alpha value is -1.52. The summed E-state index contributed by atoms with van der Waals surface area (Å²) >= 11 is 0. The summed E-state index contributed by atoms with van der Waals surface area (Å²) in [6.45, 7) is 13.2. The van der Waals surface area contributed by atoms with Crippen molar-refractivity contribution >= 4 is 36.0 Å². The maximum absolute atomic E-state index is 12.3. The average molecular weight is 476 g/mol. The van der Waals surface area contributed by atoms with Crippen LogP contribution in [0.1, 0.15) is 37.7 Å². The first-order chi connectivity index (χ1) is 11.7. The van der Waals surface area contributed by atoms with Crippen LogP contribution in [0.5, 0.6) is 0 Å². The van der Waals surface area contributed by atoms with E-state index < -0.39 is 5.60 Å². The molecule has 0 radical (unpaired) electrons. The van der Waals surface area contributed by atoms with Crippen LogP contribution in [0.15, 0.2) is 4.99 Å². The number of halogens is 1. The molecule has 3 heterocycles. The Morgan fingerprint density at radius 1 is 1.35 bits per heavy atom. The predicted molar refractivity (Wildman–Crippen MR) is 111 cm³/mol. The van der Waals surface area contributed by atoms with Crippen LogP contribution in [-0.4, -0.2) is 69.9 Å². The molecule has 146 valence electrons. The van der Waals surface area contributed by atoms with Crippen LogP contribution < -0.4 is 5.32 Å².